The lowest BCUT2D eigenvalue weighted by molar-refractivity contribution is -0.159. The van der Waals surface area contributed by atoms with Gasteiger partial charge in [0.1, 0.15) is 0 Å². The Bertz CT molecular complexity index is 1030. The maximum Gasteiger partial charge on any atom is 0.471 e. The maximum atomic E-state index is 12.7. The third-order valence-corrected chi connectivity index (χ3v) is 4.71. The molecule has 29 heavy (non-hydrogen) atoms. The van der Waals surface area contributed by atoms with Crippen LogP contribution in [0.5, 0.6) is 0 Å². The van der Waals surface area contributed by atoms with Crippen LogP contribution in [0.15, 0.2) is 64.3 Å². The predicted molar refractivity (Wildman–Crippen MR) is 103 cm³/mol. The Morgan fingerprint density at radius 2 is 2.17 bits per heavy atom. The number of aromatic nitrogens is 4. The highest BCUT2D eigenvalue weighted by Gasteiger charge is 2.38. The fraction of sp³-hybridized carbons (Fsp3) is 0.167. The molecule has 11 heteroatoms. The van der Waals surface area contributed by atoms with Gasteiger partial charge in [0.05, 0.1) is 17.6 Å². The summed E-state index contributed by atoms with van der Waals surface area (Å²) < 4.78 is 42.3. The molecule has 0 fully saturated rings. The minimum absolute atomic E-state index is 0.110. The molecule has 0 N–H and O–H groups in total. The van der Waals surface area contributed by atoms with E-state index in [0.29, 0.717) is 17.2 Å². The number of nitrogens with zero attached hydrogens (tertiary/aromatic N) is 6. The van der Waals surface area contributed by atoms with Crippen LogP contribution < -0.4 is 4.90 Å². The van der Waals surface area contributed by atoms with Crippen LogP contribution in [-0.4, -0.2) is 26.8 Å². The lowest BCUT2D eigenvalue weighted by Gasteiger charge is -2.23. The predicted octanol–water partition coefficient (Wildman–Crippen LogP) is 4.73. The Morgan fingerprint density at radius 1 is 1.34 bits per heavy atom. The molecule has 150 valence electrons. The van der Waals surface area contributed by atoms with Crippen molar-refractivity contribution in [3.63, 3.8) is 0 Å². The summed E-state index contributed by atoms with van der Waals surface area (Å²) in [4.78, 5) is 18.8. The summed E-state index contributed by atoms with van der Waals surface area (Å²) in [7, 11) is 0. The number of rotatable bonds is 7. The number of hydrogen-bond acceptors (Lipinski definition) is 8. The number of allylic oxidation sites excluding steroid dienone is 2. The highest BCUT2D eigenvalue weighted by Crippen LogP contribution is 2.32. The van der Waals surface area contributed by atoms with E-state index in [4.69, 9.17) is 0 Å². The van der Waals surface area contributed by atoms with E-state index in [-0.39, 0.29) is 5.82 Å². The third-order valence-electron chi connectivity index (χ3n) is 3.65. The van der Waals surface area contributed by atoms with Crippen molar-refractivity contribution in [2.45, 2.75) is 19.6 Å². The number of anilines is 1. The summed E-state index contributed by atoms with van der Waals surface area (Å²) >= 11 is 1.26. The summed E-state index contributed by atoms with van der Waals surface area (Å²) in [5.41, 5.74) is 0.798. The van der Waals surface area contributed by atoms with Gasteiger partial charge in [-0.2, -0.15) is 18.2 Å². The van der Waals surface area contributed by atoms with Gasteiger partial charge in [-0.3, -0.25) is 9.98 Å². The molecule has 0 atom stereocenters. The molecular formula is C18H15F3N6OS. The zero-order valence-corrected chi connectivity index (χ0v) is 16.0. The van der Waals surface area contributed by atoms with Crippen LogP contribution in [0.3, 0.4) is 0 Å². The minimum Gasteiger partial charge on any atom is -0.329 e. The number of aliphatic imine (C=N–C) groups is 1. The van der Waals surface area contributed by atoms with Crippen LogP contribution in [0.1, 0.15) is 17.7 Å². The molecule has 0 bridgehead atoms. The van der Waals surface area contributed by atoms with Gasteiger partial charge >= 0.3 is 12.1 Å². The molecule has 3 heterocycles. The SMILES string of the molecule is C=N/C=C\C(=C/C)N(Cc1ccc(-c2noc(C(F)(F)F)n2)s1)c1cnccn1. The summed E-state index contributed by atoms with van der Waals surface area (Å²) in [5, 5.41) is 3.42. The van der Waals surface area contributed by atoms with Gasteiger partial charge in [-0.05, 0) is 31.9 Å². The van der Waals surface area contributed by atoms with E-state index in [1.54, 1.807) is 43.0 Å². The molecule has 3 rings (SSSR count). The van der Waals surface area contributed by atoms with E-state index in [0.717, 1.165) is 10.6 Å². The van der Waals surface area contributed by atoms with Gasteiger partial charge in [-0.25, -0.2) is 4.98 Å². The monoisotopic (exact) mass is 420 g/mol. The summed E-state index contributed by atoms with van der Waals surface area (Å²) in [6.07, 6.45) is 5.27. The Kier molecular flexibility index (Phi) is 6.17. The largest absolute Gasteiger partial charge is 0.471 e. The van der Waals surface area contributed by atoms with Crippen molar-refractivity contribution in [2.24, 2.45) is 4.99 Å². The second kappa shape index (κ2) is 8.78. The van der Waals surface area contributed by atoms with E-state index in [2.05, 4.69) is 36.3 Å². The average Bonchev–Trinajstić information content (AvgIpc) is 3.37. The number of halogens is 3. The first-order valence-electron chi connectivity index (χ1n) is 8.24. The Morgan fingerprint density at radius 3 is 2.79 bits per heavy atom. The second-order valence-corrected chi connectivity index (χ2v) is 6.72. The van der Waals surface area contributed by atoms with Crippen molar-refractivity contribution < 1.29 is 17.7 Å². The van der Waals surface area contributed by atoms with Crippen molar-refractivity contribution in [2.75, 3.05) is 4.90 Å². The van der Waals surface area contributed by atoms with E-state index in [1.807, 2.05) is 17.9 Å². The summed E-state index contributed by atoms with van der Waals surface area (Å²) in [6, 6.07) is 3.44. The highest BCUT2D eigenvalue weighted by molar-refractivity contribution is 7.15. The zero-order valence-electron chi connectivity index (χ0n) is 15.2. The zero-order chi connectivity index (χ0) is 20.9. The quantitative estimate of drug-likeness (QED) is 0.406. The van der Waals surface area contributed by atoms with Gasteiger partial charge in [0.15, 0.2) is 5.82 Å². The second-order valence-electron chi connectivity index (χ2n) is 5.55. The minimum atomic E-state index is -4.68. The van der Waals surface area contributed by atoms with Gasteiger partial charge in [-0.1, -0.05) is 11.2 Å². The van der Waals surface area contributed by atoms with Gasteiger partial charge in [0.25, 0.3) is 0 Å². The molecular weight excluding hydrogens is 405 g/mol. The maximum absolute atomic E-state index is 12.7. The summed E-state index contributed by atoms with van der Waals surface area (Å²) in [5.74, 6) is -0.883. The van der Waals surface area contributed by atoms with Gasteiger partial charge in [-0.15, -0.1) is 11.3 Å². The van der Waals surface area contributed by atoms with E-state index in [1.165, 1.54) is 11.3 Å². The van der Waals surface area contributed by atoms with Crippen LogP contribution in [-0.2, 0) is 12.7 Å². The van der Waals surface area contributed by atoms with Gasteiger partial charge in [0.2, 0.25) is 5.82 Å². The molecule has 0 amide bonds. The number of hydrogen-bond donors (Lipinski definition) is 0. The molecule has 0 saturated carbocycles. The molecule has 0 spiro atoms. The first-order chi connectivity index (χ1) is 13.9. The van der Waals surface area contributed by atoms with Crippen molar-refractivity contribution in [1.29, 1.82) is 0 Å². The number of alkyl halides is 3. The Balaban J connectivity index is 1.88. The number of thiophene rings is 1. The fourth-order valence-electron chi connectivity index (χ4n) is 2.38. The molecule has 0 saturated heterocycles. The highest BCUT2D eigenvalue weighted by atomic mass is 32.1. The average molecular weight is 420 g/mol. The molecule has 0 radical (unpaired) electrons. The van der Waals surface area contributed by atoms with E-state index < -0.39 is 12.1 Å². The lowest BCUT2D eigenvalue weighted by atomic mass is 10.3. The van der Waals surface area contributed by atoms with Crippen molar-refractivity contribution in [1.82, 2.24) is 20.1 Å². The van der Waals surface area contributed by atoms with Crippen LogP contribution in [0.2, 0.25) is 0 Å². The Hall–Kier alpha value is -3.34. The van der Waals surface area contributed by atoms with Crippen LogP contribution in [0, 0.1) is 0 Å². The topological polar surface area (TPSA) is 80.3 Å². The van der Waals surface area contributed by atoms with Crippen LogP contribution in [0.4, 0.5) is 19.0 Å². The fourth-order valence-corrected chi connectivity index (χ4v) is 3.31. The standard InChI is InChI=1S/C18H15F3N6OS/c1-3-12(6-7-22-2)27(15-10-23-8-9-24-15)11-13-4-5-14(29-13)16-25-17(28-26-16)18(19,20)21/h3-10H,2,11H2,1H3/b7-6-,12-3+. The van der Waals surface area contributed by atoms with Crippen molar-refractivity contribution in [3.05, 3.63) is 65.5 Å². The lowest BCUT2D eigenvalue weighted by Crippen LogP contribution is -2.21. The van der Waals surface area contributed by atoms with Crippen molar-refractivity contribution in [3.8, 4) is 10.7 Å². The molecule has 3 aromatic heterocycles. The smallest absolute Gasteiger partial charge is 0.329 e. The molecule has 0 aromatic carbocycles. The first-order valence-corrected chi connectivity index (χ1v) is 9.06. The molecule has 0 aliphatic heterocycles. The molecule has 0 aliphatic carbocycles. The molecule has 0 unspecified atom stereocenters. The van der Waals surface area contributed by atoms with Crippen LogP contribution in [0.25, 0.3) is 10.7 Å². The molecule has 3 aromatic rings. The van der Waals surface area contributed by atoms with E-state index in [9.17, 15) is 13.2 Å². The van der Waals surface area contributed by atoms with Gasteiger partial charge in [0, 0.05) is 29.2 Å². The van der Waals surface area contributed by atoms with Crippen LogP contribution >= 0.6 is 11.3 Å². The normalized spacial score (nSPS) is 12.5. The van der Waals surface area contributed by atoms with E-state index >= 15 is 0 Å². The van der Waals surface area contributed by atoms with Gasteiger partial charge < -0.3 is 9.42 Å². The Labute approximate surface area is 168 Å². The molecule has 0 aliphatic rings. The van der Waals surface area contributed by atoms with Crippen molar-refractivity contribution >= 4 is 23.9 Å². The molecule has 7 nitrogen and oxygen atoms in total. The summed E-state index contributed by atoms with van der Waals surface area (Å²) in [6.45, 7) is 5.69. The third kappa shape index (κ3) is 4.93. The first kappa shape index (κ1) is 20.4.